The zero-order chi connectivity index (χ0) is 14.0. The van der Waals surface area contributed by atoms with Crippen LogP contribution in [0.25, 0.3) is 0 Å². The van der Waals surface area contributed by atoms with Gasteiger partial charge in [0, 0.05) is 7.05 Å². The van der Waals surface area contributed by atoms with Gasteiger partial charge in [0.15, 0.2) is 5.82 Å². The van der Waals surface area contributed by atoms with Crippen molar-refractivity contribution in [1.82, 2.24) is 19.5 Å². The second-order valence-corrected chi connectivity index (χ2v) is 6.46. The van der Waals surface area contributed by atoms with Crippen molar-refractivity contribution in [2.24, 2.45) is 0 Å². The fraction of sp³-hybridized carbons (Fsp3) is 0.333. The Kier molecular flexibility index (Phi) is 3.68. The zero-order valence-corrected chi connectivity index (χ0v) is 11.9. The van der Waals surface area contributed by atoms with Gasteiger partial charge in [0.25, 0.3) is 0 Å². The summed E-state index contributed by atoms with van der Waals surface area (Å²) in [6.45, 7) is 3.77. The number of nitrogens with zero attached hydrogens (tertiary/aromatic N) is 3. The van der Waals surface area contributed by atoms with Crippen molar-refractivity contribution in [1.29, 1.82) is 0 Å². The predicted octanol–water partition coefficient (Wildman–Crippen LogP) is 1.24. The van der Waals surface area contributed by atoms with E-state index in [-0.39, 0.29) is 11.4 Å². The standard InChI is InChI=1S/C12H16N4O2S/c1-9-5-4-6-11(7-9)19(17,18)16(3)8-12-13-10(2)14-15-12/h4-7H,8H2,1-3H3,(H,13,14,15). The lowest BCUT2D eigenvalue weighted by Gasteiger charge is -2.15. The summed E-state index contributed by atoms with van der Waals surface area (Å²) < 4.78 is 26.0. The number of sulfonamides is 1. The van der Waals surface area contributed by atoms with E-state index in [1.54, 1.807) is 25.1 Å². The van der Waals surface area contributed by atoms with Crippen molar-refractivity contribution in [3.63, 3.8) is 0 Å². The molecule has 0 amide bonds. The summed E-state index contributed by atoms with van der Waals surface area (Å²) in [6.07, 6.45) is 0. The minimum atomic E-state index is -3.51. The number of aromatic nitrogens is 3. The Morgan fingerprint density at radius 2 is 2.05 bits per heavy atom. The molecule has 1 aromatic carbocycles. The highest BCUT2D eigenvalue weighted by Crippen LogP contribution is 2.16. The van der Waals surface area contributed by atoms with Crippen LogP contribution < -0.4 is 0 Å². The summed E-state index contributed by atoms with van der Waals surface area (Å²) in [5.41, 5.74) is 0.906. The fourth-order valence-electron chi connectivity index (χ4n) is 1.70. The molecule has 0 spiro atoms. The van der Waals surface area contributed by atoms with Crippen LogP contribution in [0.2, 0.25) is 0 Å². The largest absolute Gasteiger partial charge is 0.263 e. The predicted molar refractivity (Wildman–Crippen MR) is 71.0 cm³/mol. The fourth-order valence-corrected chi connectivity index (χ4v) is 2.93. The maximum Gasteiger partial charge on any atom is 0.243 e. The topological polar surface area (TPSA) is 79.0 Å². The Morgan fingerprint density at radius 3 is 2.63 bits per heavy atom. The average molecular weight is 280 g/mol. The van der Waals surface area contributed by atoms with Gasteiger partial charge in [0.05, 0.1) is 11.4 Å². The number of hydrogen-bond acceptors (Lipinski definition) is 4. The van der Waals surface area contributed by atoms with Crippen molar-refractivity contribution < 1.29 is 8.42 Å². The van der Waals surface area contributed by atoms with E-state index in [1.165, 1.54) is 11.4 Å². The molecule has 2 rings (SSSR count). The van der Waals surface area contributed by atoms with Gasteiger partial charge in [-0.1, -0.05) is 12.1 Å². The van der Waals surface area contributed by atoms with Crippen molar-refractivity contribution in [2.75, 3.05) is 7.05 Å². The molecule has 0 unspecified atom stereocenters. The Morgan fingerprint density at radius 1 is 1.32 bits per heavy atom. The molecule has 7 heteroatoms. The molecule has 6 nitrogen and oxygen atoms in total. The number of aryl methyl sites for hydroxylation is 2. The Balaban J connectivity index is 2.24. The third-order valence-electron chi connectivity index (χ3n) is 2.71. The van der Waals surface area contributed by atoms with Crippen molar-refractivity contribution in [3.05, 3.63) is 41.5 Å². The first kappa shape index (κ1) is 13.7. The van der Waals surface area contributed by atoms with Crippen LogP contribution in [0.3, 0.4) is 0 Å². The number of aromatic amines is 1. The van der Waals surface area contributed by atoms with E-state index in [0.29, 0.717) is 11.6 Å². The van der Waals surface area contributed by atoms with E-state index < -0.39 is 10.0 Å². The molecule has 0 aliphatic carbocycles. The third kappa shape index (κ3) is 2.99. The Labute approximate surface area is 112 Å². The molecule has 2 aromatic rings. The highest BCUT2D eigenvalue weighted by atomic mass is 32.2. The van der Waals surface area contributed by atoms with Gasteiger partial charge < -0.3 is 0 Å². The lowest BCUT2D eigenvalue weighted by atomic mass is 10.2. The lowest BCUT2D eigenvalue weighted by molar-refractivity contribution is 0.457. The van der Waals surface area contributed by atoms with E-state index in [1.807, 2.05) is 13.0 Å². The third-order valence-corrected chi connectivity index (χ3v) is 4.50. The average Bonchev–Trinajstić information content (AvgIpc) is 2.74. The monoisotopic (exact) mass is 280 g/mol. The van der Waals surface area contributed by atoms with Gasteiger partial charge in [-0.15, -0.1) is 0 Å². The minimum Gasteiger partial charge on any atom is -0.263 e. The van der Waals surface area contributed by atoms with Crippen LogP contribution in [0.5, 0.6) is 0 Å². The lowest BCUT2D eigenvalue weighted by Crippen LogP contribution is -2.27. The smallest absolute Gasteiger partial charge is 0.243 e. The summed E-state index contributed by atoms with van der Waals surface area (Å²) in [7, 11) is -1.99. The van der Waals surface area contributed by atoms with E-state index in [0.717, 1.165) is 5.56 Å². The first-order valence-corrected chi connectivity index (χ1v) is 7.24. The number of H-pyrrole nitrogens is 1. The second-order valence-electron chi connectivity index (χ2n) is 4.41. The van der Waals surface area contributed by atoms with E-state index in [4.69, 9.17) is 0 Å². The molecule has 0 fully saturated rings. The highest BCUT2D eigenvalue weighted by molar-refractivity contribution is 7.89. The Bertz CT molecular complexity index is 679. The van der Waals surface area contributed by atoms with Crippen LogP contribution in [-0.2, 0) is 16.6 Å². The first-order chi connectivity index (χ1) is 8.89. The SMILES string of the molecule is Cc1cccc(S(=O)(=O)N(C)Cc2n[nH]c(C)n2)c1. The van der Waals surface area contributed by atoms with E-state index in [9.17, 15) is 8.42 Å². The van der Waals surface area contributed by atoms with Gasteiger partial charge in [0.1, 0.15) is 5.82 Å². The van der Waals surface area contributed by atoms with Crippen LogP contribution in [0.1, 0.15) is 17.2 Å². The molecule has 0 radical (unpaired) electrons. The number of hydrogen-bond donors (Lipinski definition) is 1. The summed E-state index contributed by atoms with van der Waals surface area (Å²) in [6, 6.07) is 6.82. The molecule has 0 saturated carbocycles. The molecule has 0 saturated heterocycles. The van der Waals surface area contributed by atoms with Gasteiger partial charge in [-0.3, -0.25) is 5.10 Å². The molecule has 1 aromatic heterocycles. The van der Waals surface area contributed by atoms with Gasteiger partial charge in [0.2, 0.25) is 10.0 Å². The molecule has 1 N–H and O–H groups in total. The van der Waals surface area contributed by atoms with Gasteiger partial charge in [-0.25, -0.2) is 13.4 Å². The van der Waals surface area contributed by atoms with Gasteiger partial charge in [-0.05, 0) is 31.5 Å². The molecule has 102 valence electrons. The molecule has 0 atom stereocenters. The van der Waals surface area contributed by atoms with E-state index >= 15 is 0 Å². The highest BCUT2D eigenvalue weighted by Gasteiger charge is 2.22. The van der Waals surface area contributed by atoms with Gasteiger partial charge in [-0.2, -0.15) is 9.40 Å². The van der Waals surface area contributed by atoms with Crippen LogP contribution in [0.15, 0.2) is 29.2 Å². The number of benzene rings is 1. The minimum absolute atomic E-state index is 0.139. The summed E-state index contributed by atoms with van der Waals surface area (Å²) in [5, 5.41) is 6.63. The van der Waals surface area contributed by atoms with Crippen LogP contribution in [0, 0.1) is 13.8 Å². The number of rotatable bonds is 4. The molecule has 0 bridgehead atoms. The maximum absolute atomic E-state index is 12.4. The molecular formula is C12H16N4O2S. The van der Waals surface area contributed by atoms with Crippen molar-refractivity contribution in [2.45, 2.75) is 25.3 Å². The van der Waals surface area contributed by atoms with E-state index in [2.05, 4.69) is 15.2 Å². The van der Waals surface area contributed by atoms with Crippen LogP contribution in [0.4, 0.5) is 0 Å². The molecular weight excluding hydrogens is 264 g/mol. The summed E-state index contributed by atoms with van der Waals surface area (Å²) >= 11 is 0. The first-order valence-electron chi connectivity index (χ1n) is 5.80. The zero-order valence-electron chi connectivity index (χ0n) is 11.1. The second kappa shape index (κ2) is 5.10. The van der Waals surface area contributed by atoms with Crippen LogP contribution in [-0.4, -0.2) is 35.0 Å². The molecule has 0 aliphatic rings. The maximum atomic E-state index is 12.4. The summed E-state index contributed by atoms with van der Waals surface area (Å²) in [4.78, 5) is 4.38. The quantitative estimate of drug-likeness (QED) is 0.914. The molecule has 0 aliphatic heterocycles. The Hall–Kier alpha value is -1.73. The molecule has 19 heavy (non-hydrogen) atoms. The summed E-state index contributed by atoms with van der Waals surface area (Å²) in [5.74, 6) is 1.12. The number of nitrogens with one attached hydrogen (secondary N) is 1. The van der Waals surface area contributed by atoms with Crippen molar-refractivity contribution >= 4 is 10.0 Å². The normalized spacial score (nSPS) is 12.0. The van der Waals surface area contributed by atoms with Crippen LogP contribution >= 0.6 is 0 Å². The van der Waals surface area contributed by atoms with Gasteiger partial charge >= 0.3 is 0 Å². The van der Waals surface area contributed by atoms with Crippen molar-refractivity contribution in [3.8, 4) is 0 Å². The molecule has 1 heterocycles.